The number of methoxy groups -OCH3 is 1. The van der Waals surface area contributed by atoms with Crippen molar-refractivity contribution in [2.75, 3.05) is 27.3 Å². The maximum absolute atomic E-state index is 12.5. The van der Waals surface area contributed by atoms with E-state index < -0.39 is 17.8 Å². The van der Waals surface area contributed by atoms with Crippen LogP contribution in [-0.4, -0.2) is 43.4 Å². The van der Waals surface area contributed by atoms with Crippen LogP contribution in [0, 0.1) is 0 Å². The molecule has 1 aromatic rings. The minimum atomic E-state index is -4.33. The number of aliphatic hydroxyl groups excluding tert-OH is 1. The van der Waals surface area contributed by atoms with E-state index in [-0.39, 0.29) is 6.61 Å². The van der Waals surface area contributed by atoms with Crippen molar-refractivity contribution in [1.29, 1.82) is 0 Å². The van der Waals surface area contributed by atoms with E-state index in [0.29, 0.717) is 18.7 Å². The summed E-state index contributed by atoms with van der Waals surface area (Å²) in [6, 6.07) is 5.19. The predicted molar refractivity (Wildman–Crippen MR) is 65.7 cm³/mol. The summed E-state index contributed by atoms with van der Waals surface area (Å²) >= 11 is 0. The first-order chi connectivity index (χ1) is 8.82. The summed E-state index contributed by atoms with van der Waals surface area (Å²) in [5, 5.41) is 9.53. The topological polar surface area (TPSA) is 32.7 Å². The molecule has 1 rings (SSSR count). The molecule has 108 valence electrons. The Kier molecular flexibility index (Phi) is 5.78. The second-order valence-electron chi connectivity index (χ2n) is 4.50. The molecule has 1 unspecified atom stereocenters. The zero-order valence-electron chi connectivity index (χ0n) is 10.9. The lowest BCUT2D eigenvalue weighted by molar-refractivity contribution is -0.137. The summed E-state index contributed by atoms with van der Waals surface area (Å²) in [7, 11) is 3.22. The summed E-state index contributed by atoms with van der Waals surface area (Å²) < 4.78 is 42.4. The van der Waals surface area contributed by atoms with Crippen LogP contribution in [0.1, 0.15) is 11.1 Å². The fraction of sp³-hybridized carbons (Fsp3) is 0.538. The lowest BCUT2D eigenvalue weighted by atomic mass is 10.1. The summed E-state index contributed by atoms with van der Waals surface area (Å²) in [6.45, 7) is 0.877. The molecule has 6 heteroatoms. The van der Waals surface area contributed by atoms with Crippen molar-refractivity contribution in [3.05, 3.63) is 35.4 Å². The van der Waals surface area contributed by atoms with Crippen molar-refractivity contribution in [2.24, 2.45) is 0 Å². The molecule has 0 saturated heterocycles. The van der Waals surface area contributed by atoms with E-state index in [1.807, 2.05) is 0 Å². The zero-order valence-corrected chi connectivity index (χ0v) is 10.9. The standard InChI is InChI=1S/C13H18F3NO2/c1-17(8-12(18)9-19-2)7-10-4-3-5-11(6-10)13(14,15)16/h3-6,12,18H,7-9H2,1-2H3. The van der Waals surface area contributed by atoms with Crippen molar-refractivity contribution in [2.45, 2.75) is 18.8 Å². The van der Waals surface area contributed by atoms with Crippen LogP contribution in [0.15, 0.2) is 24.3 Å². The van der Waals surface area contributed by atoms with Crippen LogP contribution >= 0.6 is 0 Å². The quantitative estimate of drug-likeness (QED) is 0.864. The number of nitrogens with zero attached hydrogens (tertiary/aromatic N) is 1. The molecule has 19 heavy (non-hydrogen) atoms. The van der Waals surface area contributed by atoms with E-state index in [1.54, 1.807) is 18.0 Å². The fourth-order valence-corrected chi connectivity index (χ4v) is 1.83. The van der Waals surface area contributed by atoms with Gasteiger partial charge in [0.25, 0.3) is 0 Å². The molecule has 1 N–H and O–H groups in total. The Morgan fingerprint density at radius 3 is 2.63 bits per heavy atom. The average Bonchev–Trinajstić information content (AvgIpc) is 2.28. The number of alkyl halides is 3. The molecule has 1 aromatic carbocycles. The number of hydrogen-bond acceptors (Lipinski definition) is 3. The second kappa shape index (κ2) is 6.88. The van der Waals surface area contributed by atoms with Crippen molar-refractivity contribution >= 4 is 0 Å². The summed E-state index contributed by atoms with van der Waals surface area (Å²) in [6.07, 6.45) is -4.98. The van der Waals surface area contributed by atoms with Crippen LogP contribution in [0.25, 0.3) is 0 Å². The summed E-state index contributed by atoms with van der Waals surface area (Å²) in [5.41, 5.74) is -0.0993. The van der Waals surface area contributed by atoms with Crippen molar-refractivity contribution in [3.8, 4) is 0 Å². The van der Waals surface area contributed by atoms with Gasteiger partial charge in [0.05, 0.1) is 18.3 Å². The molecule has 3 nitrogen and oxygen atoms in total. The number of hydrogen-bond donors (Lipinski definition) is 1. The number of ether oxygens (including phenoxy) is 1. The van der Waals surface area contributed by atoms with Gasteiger partial charge in [-0.2, -0.15) is 13.2 Å². The van der Waals surface area contributed by atoms with Crippen molar-refractivity contribution in [3.63, 3.8) is 0 Å². The average molecular weight is 277 g/mol. The smallest absolute Gasteiger partial charge is 0.389 e. The maximum Gasteiger partial charge on any atom is 0.416 e. The minimum absolute atomic E-state index is 0.201. The first-order valence-electron chi connectivity index (χ1n) is 5.84. The van der Waals surface area contributed by atoms with Crippen LogP contribution < -0.4 is 0 Å². The number of benzene rings is 1. The minimum Gasteiger partial charge on any atom is -0.389 e. The highest BCUT2D eigenvalue weighted by Crippen LogP contribution is 2.29. The first-order valence-corrected chi connectivity index (χ1v) is 5.84. The lowest BCUT2D eigenvalue weighted by Crippen LogP contribution is -2.31. The van der Waals surface area contributed by atoms with Crippen LogP contribution in [0.2, 0.25) is 0 Å². The highest BCUT2D eigenvalue weighted by molar-refractivity contribution is 5.25. The van der Waals surface area contributed by atoms with Crippen LogP contribution in [0.5, 0.6) is 0 Å². The highest BCUT2D eigenvalue weighted by Gasteiger charge is 2.30. The third kappa shape index (κ3) is 5.59. The molecule has 0 aliphatic carbocycles. The number of likely N-dealkylation sites (N-methyl/N-ethyl adjacent to an activating group) is 1. The molecule has 0 bridgehead atoms. The van der Waals surface area contributed by atoms with Gasteiger partial charge in [0.1, 0.15) is 0 Å². The Labute approximate surface area is 110 Å². The van der Waals surface area contributed by atoms with E-state index in [4.69, 9.17) is 4.74 Å². The third-order valence-electron chi connectivity index (χ3n) is 2.59. The van der Waals surface area contributed by atoms with E-state index in [1.165, 1.54) is 13.2 Å². The number of halogens is 3. The first kappa shape index (κ1) is 15.9. The molecule has 1 atom stereocenters. The molecule has 0 heterocycles. The largest absolute Gasteiger partial charge is 0.416 e. The van der Waals surface area contributed by atoms with Crippen molar-refractivity contribution in [1.82, 2.24) is 4.90 Å². The molecule has 0 aromatic heterocycles. The van der Waals surface area contributed by atoms with Gasteiger partial charge in [0, 0.05) is 20.2 Å². The van der Waals surface area contributed by atoms with Gasteiger partial charge >= 0.3 is 6.18 Å². The van der Waals surface area contributed by atoms with Crippen LogP contribution in [-0.2, 0) is 17.5 Å². The Bertz CT molecular complexity index is 396. The van der Waals surface area contributed by atoms with Gasteiger partial charge in [0.2, 0.25) is 0 Å². The lowest BCUT2D eigenvalue weighted by Gasteiger charge is -2.20. The Hall–Kier alpha value is -1.11. The van der Waals surface area contributed by atoms with Gasteiger partial charge in [-0.25, -0.2) is 0 Å². The molecule has 0 radical (unpaired) electrons. The van der Waals surface area contributed by atoms with Crippen molar-refractivity contribution < 1.29 is 23.0 Å². The highest BCUT2D eigenvalue weighted by atomic mass is 19.4. The fourth-order valence-electron chi connectivity index (χ4n) is 1.83. The molecular weight excluding hydrogens is 259 g/mol. The van der Waals surface area contributed by atoms with Crippen LogP contribution in [0.4, 0.5) is 13.2 Å². The predicted octanol–water partition coefficient (Wildman–Crippen LogP) is 2.14. The molecular formula is C13H18F3NO2. The van der Waals surface area contributed by atoms with Gasteiger partial charge in [-0.15, -0.1) is 0 Å². The normalized spacial score (nSPS) is 13.8. The molecule has 0 amide bonds. The molecule has 0 aliphatic rings. The van der Waals surface area contributed by atoms with Crippen LogP contribution in [0.3, 0.4) is 0 Å². The summed E-state index contributed by atoms with van der Waals surface area (Å²) in [4.78, 5) is 1.75. The van der Waals surface area contributed by atoms with Gasteiger partial charge in [-0.05, 0) is 18.7 Å². The SMILES string of the molecule is COCC(O)CN(C)Cc1cccc(C(F)(F)F)c1. The zero-order chi connectivity index (χ0) is 14.5. The van der Waals surface area contributed by atoms with Gasteiger partial charge in [0.15, 0.2) is 0 Å². The summed E-state index contributed by atoms with van der Waals surface area (Å²) in [5.74, 6) is 0. The molecule has 0 aliphatic heterocycles. The van der Waals surface area contributed by atoms with Gasteiger partial charge < -0.3 is 9.84 Å². The number of rotatable bonds is 6. The molecule has 0 saturated carbocycles. The molecule has 0 spiro atoms. The number of aliphatic hydroxyl groups is 1. The van der Waals surface area contributed by atoms with E-state index >= 15 is 0 Å². The third-order valence-corrected chi connectivity index (χ3v) is 2.59. The van der Waals surface area contributed by atoms with E-state index in [0.717, 1.165) is 12.1 Å². The second-order valence-corrected chi connectivity index (χ2v) is 4.50. The molecule has 0 fully saturated rings. The Morgan fingerprint density at radius 1 is 1.37 bits per heavy atom. The Morgan fingerprint density at radius 2 is 2.05 bits per heavy atom. The van der Waals surface area contributed by atoms with Gasteiger partial charge in [-0.1, -0.05) is 18.2 Å². The Balaban J connectivity index is 2.62. The van der Waals surface area contributed by atoms with E-state index in [2.05, 4.69) is 0 Å². The maximum atomic E-state index is 12.5. The van der Waals surface area contributed by atoms with Gasteiger partial charge in [-0.3, -0.25) is 4.90 Å². The van der Waals surface area contributed by atoms with E-state index in [9.17, 15) is 18.3 Å². The monoisotopic (exact) mass is 277 g/mol.